The normalized spacial score (nSPS) is 21.9. The van der Waals surface area contributed by atoms with Gasteiger partial charge < -0.3 is 14.2 Å². The summed E-state index contributed by atoms with van der Waals surface area (Å²) in [7, 11) is 0. The van der Waals surface area contributed by atoms with E-state index in [0.717, 1.165) is 25.9 Å². The predicted molar refractivity (Wildman–Crippen MR) is 50.8 cm³/mol. The number of esters is 1. The van der Waals surface area contributed by atoms with Gasteiger partial charge in [0.25, 0.3) is 0 Å². The zero-order chi connectivity index (χ0) is 10.2. The molecule has 0 aromatic heterocycles. The number of rotatable bonds is 5. The van der Waals surface area contributed by atoms with Gasteiger partial charge >= 0.3 is 5.97 Å². The maximum Gasteiger partial charge on any atom is 0.308 e. The summed E-state index contributed by atoms with van der Waals surface area (Å²) in [4.78, 5) is 10.9. The standard InChI is InChI=1S/C10H18O4/c1-2-12-9(11)6-8-14-10-5-3-4-7-13-10/h10H,2-8H2,1H3. The van der Waals surface area contributed by atoms with Crippen LogP contribution >= 0.6 is 0 Å². The molecule has 0 N–H and O–H groups in total. The van der Waals surface area contributed by atoms with E-state index in [-0.39, 0.29) is 12.3 Å². The lowest BCUT2D eigenvalue weighted by Gasteiger charge is -2.22. The predicted octanol–water partition coefficient (Wildman–Crippen LogP) is 1.48. The van der Waals surface area contributed by atoms with Crippen LogP contribution in [0.2, 0.25) is 0 Å². The van der Waals surface area contributed by atoms with Crippen molar-refractivity contribution in [3.63, 3.8) is 0 Å². The summed E-state index contributed by atoms with van der Waals surface area (Å²) in [5, 5.41) is 0. The summed E-state index contributed by atoms with van der Waals surface area (Å²) < 4.78 is 15.5. The Kier molecular flexibility index (Phi) is 5.56. The van der Waals surface area contributed by atoms with E-state index in [1.807, 2.05) is 0 Å². The number of hydrogen-bond donors (Lipinski definition) is 0. The molecule has 0 saturated carbocycles. The van der Waals surface area contributed by atoms with Crippen molar-refractivity contribution in [1.29, 1.82) is 0 Å². The summed E-state index contributed by atoms with van der Waals surface area (Å²) in [6, 6.07) is 0. The van der Waals surface area contributed by atoms with E-state index in [2.05, 4.69) is 0 Å². The lowest BCUT2D eigenvalue weighted by Crippen LogP contribution is -2.23. The van der Waals surface area contributed by atoms with Gasteiger partial charge in [0, 0.05) is 6.61 Å². The Balaban J connectivity index is 1.99. The number of carbonyl (C=O) groups is 1. The molecule has 1 unspecified atom stereocenters. The molecule has 0 aliphatic carbocycles. The van der Waals surface area contributed by atoms with Crippen LogP contribution in [-0.2, 0) is 19.0 Å². The Hall–Kier alpha value is -0.610. The smallest absolute Gasteiger partial charge is 0.308 e. The second kappa shape index (κ2) is 6.79. The fourth-order valence-electron chi connectivity index (χ4n) is 1.35. The molecule has 1 atom stereocenters. The molecule has 1 rings (SSSR count). The molecule has 4 heteroatoms. The largest absolute Gasteiger partial charge is 0.466 e. The topological polar surface area (TPSA) is 44.8 Å². The van der Waals surface area contributed by atoms with Crippen molar-refractivity contribution in [1.82, 2.24) is 0 Å². The molecule has 82 valence electrons. The fraction of sp³-hybridized carbons (Fsp3) is 0.900. The zero-order valence-corrected chi connectivity index (χ0v) is 8.66. The van der Waals surface area contributed by atoms with E-state index in [4.69, 9.17) is 14.2 Å². The molecule has 4 nitrogen and oxygen atoms in total. The molecular weight excluding hydrogens is 184 g/mol. The van der Waals surface area contributed by atoms with Gasteiger partial charge in [-0.1, -0.05) is 0 Å². The molecule has 1 fully saturated rings. The van der Waals surface area contributed by atoms with Crippen molar-refractivity contribution in [3.05, 3.63) is 0 Å². The molecule has 14 heavy (non-hydrogen) atoms. The summed E-state index contributed by atoms with van der Waals surface area (Å²) in [5.41, 5.74) is 0. The minimum Gasteiger partial charge on any atom is -0.466 e. The van der Waals surface area contributed by atoms with Gasteiger partial charge in [-0.2, -0.15) is 0 Å². The first-order chi connectivity index (χ1) is 6.83. The highest BCUT2D eigenvalue weighted by molar-refractivity contribution is 5.69. The van der Waals surface area contributed by atoms with Crippen molar-refractivity contribution in [2.75, 3.05) is 19.8 Å². The monoisotopic (exact) mass is 202 g/mol. The highest BCUT2D eigenvalue weighted by Gasteiger charge is 2.14. The van der Waals surface area contributed by atoms with Crippen molar-refractivity contribution in [2.24, 2.45) is 0 Å². The van der Waals surface area contributed by atoms with E-state index in [1.54, 1.807) is 6.92 Å². The zero-order valence-electron chi connectivity index (χ0n) is 8.66. The minimum atomic E-state index is -0.205. The van der Waals surface area contributed by atoms with E-state index >= 15 is 0 Å². The van der Waals surface area contributed by atoms with Gasteiger partial charge in [0.1, 0.15) is 0 Å². The van der Waals surface area contributed by atoms with Gasteiger partial charge in [0.2, 0.25) is 0 Å². The summed E-state index contributed by atoms with van der Waals surface area (Å²) in [5.74, 6) is -0.205. The Labute approximate surface area is 84.5 Å². The molecule has 0 aromatic rings. The third-order valence-corrected chi connectivity index (χ3v) is 2.05. The number of hydrogen-bond acceptors (Lipinski definition) is 4. The maximum absolute atomic E-state index is 10.9. The summed E-state index contributed by atoms with van der Waals surface area (Å²) in [6.45, 7) is 3.38. The second-order valence-corrected chi connectivity index (χ2v) is 3.22. The Bertz CT molecular complexity index is 164. The van der Waals surface area contributed by atoms with Crippen LogP contribution < -0.4 is 0 Å². The average molecular weight is 202 g/mol. The molecule has 0 bridgehead atoms. The molecule has 1 heterocycles. The van der Waals surface area contributed by atoms with E-state index in [9.17, 15) is 4.79 Å². The van der Waals surface area contributed by atoms with Crippen molar-refractivity contribution < 1.29 is 19.0 Å². The summed E-state index contributed by atoms with van der Waals surface area (Å²) in [6.07, 6.45) is 3.39. The second-order valence-electron chi connectivity index (χ2n) is 3.22. The molecular formula is C10H18O4. The van der Waals surface area contributed by atoms with Gasteiger partial charge in [-0.15, -0.1) is 0 Å². The third kappa shape index (κ3) is 4.58. The quantitative estimate of drug-likeness (QED) is 0.633. The average Bonchev–Trinajstić information content (AvgIpc) is 2.20. The van der Waals surface area contributed by atoms with Crippen LogP contribution in [0.25, 0.3) is 0 Å². The Morgan fingerprint density at radius 1 is 1.50 bits per heavy atom. The molecule has 0 radical (unpaired) electrons. The SMILES string of the molecule is CCOC(=O)CCOC1CCCCO1. The molecule has 0 aromatic carbocycles. The molecule has 1 aliphatic heterocycles. The van der Waals surface area contributed by atoms with E-state index in [1.165, 1.54) is 0 Å². The van der Waals surface area contributed by atoms with Crippen LogP contribution in [0.4, 0.5) is 0 Å². The first kappa shape index (κ1) is 11.5. The molecule has 0 amide bonds. The fourth-order valence-corrected chi connectivity index (χ4v) is 1.35. The van der Waals surface area contributed by atoms with Crippen LogP contribution in [0.3, 0.4) is 0 Å². The van der Waals surface area contributed by atoms with E-state index in [0.29, 0.717) is 19.6 Å². The van der Waals surface area contributed by atoms with Crippen LogP contribution in [0.15, 0.2) is 0 Å². The van der Waals surface area contributed by atoms with Gasteiger partial charge in [-0.25, -0.2) is 0 Å². The van der Waals surface area contributed by atoms with Gasteiger partial charge in [-0.05, 0) is 26.2 Å². The molecule has 1 saturated heterocycles. The molecule has 0 spiro atoms. The summed E-state index contributed by atoms with van der Waals surface area (Å²) >= 11 is 0. The third-order valence-electron chi connectivity index (χ3n) is 2.05. The van der Waals surface area contributed by atoms with Gasteiger partial charge in [0.05, 0.1) is 19.6 Å². The van der Waals surface area contributed by atoms with Crippen LogP contribution in [0, 0.1) is 0 Å². The lowest BCUT2D eigenvalue weighted by atomic mass is 10.2. The molecule has 1 aliphatic rings. The van der Waals surface area contributed by atoms with Crippen molar-refractivity contribution in [3.8, 4) is 0 Å². The number of ether oxygens (including phenoxy) is 3. The first-order valence-corrected chi connectivity index (χ1v) is 5.21. The first-order valence-electron chi connectivity index (χ1n) is 5.21. The van der Waals surface area contributed by atoms with Crippen LogP contribution in [0.1, 0.15) is 32.6 Å². The Morgan fingerprint density at radius 2 is 2.36 bits per heavy atom. The lowest BCUT2D eigenvalue weighted by molar-refractivity contribution is -0.168. The maximum atomic E-state index is 10.9. The van der Waals surface area contributed by atoms with Gasteiger partial charge in [-0.3, -0.25) is 4.79 Å². The van der Waals surface area contributed by atoms with Crippen LogP contribution in [0.5, 0.6) is 0 Å². The minimum absolute atomic E-state index is 0.113. The van der Waals surface area contributed by atoms with Crippen LogP contribution in [-0.4, -0.2) is 32.1 Å². The van der Waals surface area contributed by atoms with Crippen molar-refractivity contribution >= 4 is 5.97 Å². The highest BCUT2D eigenvalue weighted by Crippen LogP contribution is 2.13. The Morgan fingerprint density at radius 3 is 3.00 bits per heavy atom. The van der Waals surface area contributed by atoms with E-state index < -0.39 is 0 Å². The number of carbonyl (C=O) groups excluding carboxylic acids is 1. The van der Waals surface area contributed by atoms with Gasteiger partial charge in [0.15, 0.2) is 6.29 Å². The highest BCUT2D eigenvalue weighted by atomic mass is 16.7. The van der Waals surface area contributed by atoms with Crippen molar-refractivity contribution in [2.45, 2.75) is 38.9 Å².